The minimum absolute atomic E-state index is 0.350. The van der Waals surface area contributed by atoms with Crippen molar-refractivity contribution in [1.82, 2.24) is 0 Å². The molecule has 2 aromatic rings. The Bertz CT molecular complexity index is 529. The van der Waals surface area contributed by atoms with E-state index in [1.165, 1.54) is 11.1 Å². The molecule has 0 aliphatic rings. The van der Waals surface area contributed by atoms with Crippen LogP contribution in [0.15, 0.2) is 59.2 Å². The van der Waals surface area contributed by atoms with Gasteiger partial charge in [-0.15, -0.1) is 0 Å². The van der Waals surface area contributed by atoms with Crippen LogP contribution in [0.1, 0.15) is 30.7 Å². The maximum Gasteiger partial charge on any atom is 0.157 e. The van der Waals surface area contributed by atoms with E-state index < -0.39 is 0 Å². The van der Waals surface area contributed by atoms with Crippen molar-refractivity contribution in [3.8, 4) is 5.75 Å². The molecule has 3 nitrogen and oxygen atoms in total. The van der Waals surface area contributed by atoms with Gasteiger partial charge >= 0.3 is 0 Å². The van der Waals surface area contributed by atoms with E-state index in [1.807, 2.05) is 24.3 Å². The van der Waals surface area contributed by atoms with Crippen molar-refractivity contribution in [2.75, 3.05) is 7.11 Å². The summed E-state index contributed by atoms with van der Waals surface area (Å²) in [7, 11) is 1.68. The molecule has 1 aromatic carbocycles. The molecule has 1 unspecified atom stereocenters. The number of methoxy groups -OCH3 is 1. The van der Waals surface area contributed by atoms with E-state index in [1.54, 1.807) is 13.4 Å². The van der Waals surface area contributed by atoms with Crippen molar-refractivity contribution in [2.45, 2.75) is 25.9 Å². The smallest absolute Gasteiger partial charge is 0.157 e. The molecule has 1 atom stereocenters. The van der Waals surface area contributed by atoms with Crippen molar-refractivity contribution in [1.29, 1.82) is 0 Å². The zero-order chi connectivity index (χ0) is 14.4. The van der Waals surface area contributed by atoms with Crippen LogP contribution in [-0.4, -0.2) is 7.11 Å². The number of hydrogen-bond donors (Lipinski definition) is 1. The first-order chi connectivity index (χ1) is 9.69. The van der Waals surface area contributed by atoms with Crippen LogP contribution in [0.2, 0.25) is 0 Å². The normalized spacial score (nSPS) is 12.1. The third kappa shape index (κ3) is 4.00. The Morgan fingerprint density at radius 2 is 2.05 bits per heavy atom. The molecule has 106 valence electrons. The van der Waals surface area contributed by atoms with Gasteiger partial charge in [0.15, 0.2) is 5.76 Å². The highest BCUT2D eigenvalue weighted by molar-refractivity contribution is 5.28. The number of rotatable bonds is 7. The molecule has 1 heterocycles. The van der Waals surface area contributed by atoms with Crippen LogP contribution in [-0.2, 0) is 6.54 Å². The molecule has 20 heavy (non-hydrogen) atoms. The first-order valence-electron chi connectivity index (χ1n) is 6.83. The van der Waals surface area contributed by atoms with Gasteiger partial charge in [-0.05, 0) is 43.3 Å². The predicted molar refractivity (Wildman–Crippen MR) is 79.5 cm³/mol. The Morgan fingerprint density at radius 3 is 2.60 bits per heavy atom. The highest BCUT2D eigenvalue weighted by atomic mass is 16.5. The lowest BCUT2D eigenvalue weighted by Gasteiger charge is -2.16. The molecular formula is C17H22NO2+. The number of quaternary nitrogens is 1. The molecule has 0 bridgehead atoms. The van der Waals surface area contributed by atoms with Gasteiger partial charge < -0.3 is 14.5 Å². The molecule has 0 aliphatic heterocycles. The first kappa shape index (κ1) is 14.4. The maximum absolute atomic E-state index is 5.39. The van der Waals surface area contributed by atoms with Gasteiger partial charge in [0.1, 0.15) is 18.3 Å². The number of benzene rings is 1. The quantitative estimate of drug-likeness (QED) is 0.787. The summed E-state index contributed by atoms with van der Waals surface area (Å²) in [5, 5.41) is 2.29. The third-order valence-electron chi connectivity index (χ3n) is 3.30. The molecule has 0 radical (unpaired) electrons. The lowest BCUT2D eigenvalue weighted by Crippen LogP contribution is -2.83. The summed E-state index contributed by atoms with van der Waals surface area (Å²) in [5.74, 6) is 1.87. The van der Waals surface area contributed by atoms with Crippen LogP contribution in [0, 0.1) is 0 Å². The third-order valence-corrected chi connectivity index (χ3v) is 3.30. The Hall–Kier alpha value is -2.00. The summed E-state index contributed by atoms with van der Waals surface area (Å²) in [4.78, 5) is 0. The molecule has 0 amide bonds. The van der Waals surface area contributed by atoms with Crippen molar-refractivity contribution in [2.24, 2.45) is 0 Å². The summed E-state index contributed by atoms with van der Waals surface area (Å²) in [6, 6.07) is 12.5. The summed E-state index contributed by atoms with van der Waals surface area (Å²) in [6.45, 7) is 6.93. The highest BCUT2D eigenvalue weighted by Crippen LogP contribution is 2.20. The second-order valence-electron chi connectivity index (χ2n) is 5.06. The first-order valence-corrected chi connectivity index (χ1v) is 6.83. The Balaban J connectivity index is 2.07. The second-order valence-corrected chi connectivity index (χ2v) is 5.06. The van der Waals surface area contributed by atoms with Crippen LogP contribution >= 0.6 is 0 Å². The average molecular weight is 272 g/mol. The maximum atomic E-state index is 5.39. The van der Waals surface area contributed by atoms with E-state index in [9.17, 15) is 0 Å². The van der Waals surface area contributed by atoms with Gasteiger partial charge in [-0.1, -0.05) is 12.2 Å². The summed E-state index contributed by atoms with van der Waals surface area (Å²) < 4.78 is 10.6. The van der Waals surface area contributed by atoms with E-state index in [4.69, 9.17) is 9.15 Å². The summed E-state index contributed by atoms with van der Waals surface area (Å²) in [5.41, 5.74) is 2.46. The fraction of sp³-hybridized carbons (Fsp3) is 0.294. The molecule has 0 aliphatic carbocycles. The van der Waals surface area contributed by atoms with Gasteiger partial charge in [0, 0.05) is 12.0 Å². The number of ether oxygens (including phenoxy) is 1. The van der Waals surface area contributed by atoms with Gasteiger partial charge in [-0.2, -0.15) is 0 Å². The highest BCUT2D eigenvalue weighted by Gasteiger charge is 2.15. The Morgan fingerprint density at radius 1 is 1.30 bits per heavy atom. The van der Waals surface area contributed by atoms with E-state index in [0.29, 0.717) is 6.04 Å². The van der Waals surface area contributed by atoms with Crippen LogP contribution in [0.4, 0.5) is 0 Å². The molecular weight excluding hydrogens is 250 g/mol. The molecule has 3 heteroatoms. The molecule has 2 rings (SSSR count). The minimum atomic E-state index is 0.350. The molecule has 0 saturated carbocycles. The van der Waals surface area contributed by atoms with Gasteiger partial charge in [0.05, 0.1) is 13.4 Å². The van der Waals surface area contributed by atoms with Crippen LogP contribution in [0.25, 0.3) is 0 Å². The van der Waals surface area contributed by atoms with E-state index >= 15 is 0 Å². The summed E-state index contributed by atoms with van der Waals surface area (Å²) in [6.07, 6.45) is 2.66. The molecule has 0 saturated heterocycles. The van der Waals surface area contributed by atoms with Crippen molar-refractivity contribution in [3.05, 3.63) is 66.1 Å². The molecule has 1 aromatic heterocycles. The number of hydrogen-bond acceptors (Lipinski definition) is 2. The number of furan rings is 1. The van der Waals surface area contributed by atoms with Crippen LogP contribution < -0.4 is 10.1 Å². The summed E-state index contributed by atoms with van der Waals surface area (Å²) >= 11 is 0. The number of nitrogens with two attached hydrogens (primary N) is 1. The van der Waals surface area contributed by atoms with Gasteiger partial charge in [0.2, 0.25) is 0 Å². The molecule has 0 fully saturated rings. The van der Waals surface area contributed by atoms with E-state index in [2.05, 4.69) is 31.0 Å². The zero-order valence-electron chi connectivity index (χ0n) is 12.1. The van der Waals surface area contributed by atoms with Crippen molar-refractivity contribution >= 4 is 0 Å². The van der Waals surface area contributed by atoms with Gasteiger partial charge in [-0.3, -0.25) is 0 Å². The standard InChI is InChI=1S/C17H21NO2/c1-13(2)11-17(18-12-16-5-4-10-20-16)14-6-8-15(19-3)9-7-14/h4-10,17-18H,1,11-12H2,2-3H3/p+1. The minimum Gasteiger partial charge on any atom is -0.497 e. The SMILES string of the molecule is C=C(C)CC([NH2+]Cc1ccco1)c1ccc(OC)cc1. The van der Waals surface area contributed by atoms with E-state index in [-0.39, 0.29) is 0 Å². The van der Waals surface area contributed by atoms with Crippen LogP contribution in [0.5, 0.6) is 5.75 Å². The molecule has 0 spiro atoms. The monoisotopic (exact) mass is 272 g/mol. The Labute approximate surface area is 120 Å². The lowest BCUT2D eigenvalue weighted by atomic mass is 10.00. The van der Waals surface area contributed by atoms with Crippen molar-refractivity contribution < 1.29 is 14.5 Å². The van der Waals surface area contributed by atoms with Gasteiger partial charge in [0.25, 0.3) is 0 Å². The van der Waals surface area contributed by atoms with Gasteiger partial charge in [-0.25, -0.2) is 0 Å². The fourth-order valence-corrected chi connectivity index (χ4v) is 2.25. The van der Waals surface area contributed by atoms with Crippen LogP contribution in [0.3, 0.4) is 0 Å². The molecule has 2 N–H and O–H groups in total. The second kappa shape index (κ2) is 6.96. The zero-order valence-corrected chi connectivity index (χ0v) is 12.1. The fourth-order valence-electron chi connectivity index (χ4n) is 2.25. The Kier molecular flexibility index (Phi) is 5.02. The van der Waals surface area contributed by atoms with E-state index in [0.717, 1.165) is 24.5 Å². The average Bonchev–Trinajstić information content (AvgIpc) is 2.96. The largest absolute Gasteiger partial charge is 0.497 e. The predicted octanol–water partition coefficient (Wildman–Crippen LogP) is 3.06. The van der Waals surface area contributed by atoms with Crippen molar-refractivity contribution in [3.63, 3.8) is 0 Å². The topological polar surface area (TPSA) is 39.0 Å². The lowest BCUT2D eigenvalue weighted by molar-refractivity contribution is -0.712.